The van der Waals surface area contributed by atoms with Crippen molar-refractivity contribution in [3.8, 4) is 22.8 Å². The molecule has 2 aromatic heterocycles. The van der Waals surface area contributed by atoms with Gasteiger partial charge in [0.25, 0.3) is 0 Å². The topological polar surface area (TPSA) is 99.8 Å². The average Bonchev–Trinajstić information content (AvgIpc) is 3.10. The first kappa shape index (κ1) is 22.3. The quantitative estimate of drug-likeness (QED) is 0.466. The summed E-state index contributed by atoms with van der Waals surface area (Å²) in [6.07, 6.45) is 0. The number of anilines is 1. The number of methoxy groups -OCH3 is 2. The number of halogens is 1. The fraction of sp³-hybridized carbons (Fsp3) is 0.217. The molecule has 0 aliphatic rings. The number of amides is 1. The van der Waals surface area contributed by atoms with Crippen LogP contribution in [0.4, 0.5) is 5.69 Å². The SMILES string of the molecule is COc1cc(OC)c(NC(=O)Cn2nc3ccc(-c4ccc(C)c(C)c4)nn3c2=O)cc1Cl. The fourth-order valence-corrected chi connectivity index (χ4v) is 3.59. The van der Waals surface area contributed by atoms with Crippen molar-refractivity contribution in [2.24, 2.45) is 0 Å². The molecule has 170 valence electrons. The number of rotatable bonds is 6. The van der Waals surface area contributed by atoms with Crippen molar-refractivity contribution in [3.63, 3.8) is 0 Å². The van der Waals surface area contributed by atoms with Gasteiger partial charge in [-0.05, 0) is 49.2 Å². The van der Waals surface area contributed by atoms with Crippen molar-refractivity contribution in [1.29, 1.82) is 0 Å². The fourth-order valence-electron chi connectivity index (χ4n) is 3.35. The Kier molecular flexibility index (Phi) is 6.06. The summed E-state index contributed by atoms with van der Waals surface area (Å²) in [4.78, 5) is 25.5. The molecule has 0 aliphatic heterocycles. The van der Waals surface area contributed by atoms with Gasteiger partial charge in [0.15, 0.2) is 5.65 Å². The lowest BCUT2D eigenvalue weighted by atomic mass is 10.0. The number of hydrogen-bond acceptors (Lipinski definition) is 6. The highest BCUT2D eigenvalue weighted by Crippen LogP contribution is 2.35. The standard InChI is InChI=1S/C23H22ClN5O4/c1-13-5-6-15(9-14(13)2)17-7-8-21-27-28(23(31)29(21)26-17)12-22(30)25-18-10-16(24)19(32-3)11-20(18)33-4/h5-11H,12H2,1-4H3,(H,25,30). The van der Waals surface area contributed by atoms with Crippen LogP contribution in [0.25, 0.3) is 16.9 Å². The lowest BCUT2D eigenvalue weighted by Crippen LogP contribution is -2.29. The third-order valence-electron chi connectivity index (χ3n) is 5.28. The van der Waals surface area contributed by atoms with E-state index in [1.54, 1.807) is 18.2 Å². The summed E-state index contributed by atoms with van der Waals surface area (Å²) in [5.74, 6) is 0.301. The summed E-state index contributed by atoms with van der Waals surface area (Å²) in [5.41, 5.74) is 3.99. The number of nitrogens with zero attached hydrogens (tertiary/aromatic N) is 4. The predicted octanol–water partition coefficient (Wildman–Crippen LogP) is 3.48. The number of nitrogens with one attached hydrogen (secondary N) is 1. The van der Waals surface area contributed by atoms with E-state index in [0.29, 0.717) is 33.6 Å². The second-order valence-electron chi connectivity index (χ2n) is 7.46. The van der Waals surface area contributed by atoms with Crippen LogP contribution in [0.2, 0.25) is 5.02 Å². The van der Waals surface area contributed by atoms with Crippen LogP contribution in [-0.2, 0) is 11.3 Å². The van der Waals surface area contributed by atoms with Gasteiger partial charge in [0.1, 0.15) is 18.0 Å². The van der Waals surface area contributed by atoms with Gasteiger partial charge in [-0.25, -0.2) is 9.48 Å². The summed E-state index contributed by atoms with van der Waals surface area (Å²) < 4.78 is 12.7. The number of hydrogen-bond donors (Lipinski definition) is 1. The minimum Gasteiger partial charge on any atom is -0.495 e. The molecule has 10 heteroatoms. The Morgan fingerprint density at radius 3 is 2.45 bits per heavy atom. The molecule has 0 saturated heterocycles. The first-order valence-corrected chi connectivity index (χ1v) is 10.4. The van der Waals surface area contributed by atoms with E-state index in [9.17, 15) is 9.59 Å². The van der Waals surface area contributed by atoms with Gasteiger partial charge in [-0.3, -0.25) is 4.79 Å². The predicted molar refractivity (Wildman–Crippen MR) is 125 cm³/mol. The molecular weight excluding hydrogens is 446 g/mol. The largest absolute Gasteiger partial charge is 0.495 e. The van der Waals surface area contributed by atoms with Crippen molar-refractivity contribution in [3.05, 3.63) is 69.1 Å². The van der Waals surface area contributed by atoms with Crippen molar-refractivity contribution >= 4 is 28.8 Å². The van der Waals surface area contributed by atoms with Crippen LogP contribution in [0.1, 0.15) is 11.1 Å². The summed E-state index contributed by atoms with van der Waals surface area (Å²) in [6, 6.07) is 12.5. The smallest absolute Gasteiger partial charge is 0.367 e. The molecule has 0 fully saturated rings. The zero-order valence-corrected chi connectivity index (χ0v) is 19.3. The van der Waals surface area contributed by atoms with Crippen LogP contribution in [0.15, 0.2) is 47.3 Å². The molecule has 0 spiro atoms. The molecule has 0 unspecified atom stereocenters. The van der Waals surface area contributed by atoms with Crippen molar-refractivity contribution < 1.29 is 14.3 Å². The first-order chi connectivity index (χ1) is 15.8. The maximum atomic E-state index is 12.8. The Labute approximate surface area is 194 Å². The molecule has 33 heavy (non-hydrogen) atoms. The number of ether oxygens (including phenoxy) is 2. The first-order valence-electron chi connectivity index (χ1n) is 10.1. The number of fused-ring (bicyclic) bond motifs is 1. The normalized spacial score (nSPS) is 10.9. The molecule has 4 rings (SSSR count). The van der Waals surface area contributed by atoms with Gasteiger partial charge in [0.2, 0.25) is 5.91 Å². The molecule has 0 saturated carbocycles. The van der Waals surface area contributed by atoms with Crippen LogP contribution in [0.3, 0.4) is 0 Å². The van der Waals surface area contributed by atoms with Crippen molar-refractivity contribution in [1.82, 2.24) is 19.4 Å². The van der Waals surface area contributed by atoms with E-state index >= 15 is 0 Å². The summed E-state index contributed by atoms with van der Waals surface area (Å²) >= 11 is 6.15. The molecule has 2 aromatic carbocycles. The average molecular weight is 468 g/mol. The zero-order valence-electron chi connectivity index (χ0n) is 18.5. The van der Waals surface area contributed by atoms with Crippen LogP contribution >= 0.6 is 11.6 Å². The van der Waals surface area contributed by atoms with E-state index < -0.39 is 11.6 Å². The Morgan fingerprint density at radius 2 is 1.76 bits per heavy atom. The van der Waals surface area contributed by atoms with Crippen LogP contribution in [0.5, 0.6) is 11.5 Å². The number of aromatic nitrogens is 4. The van der Waals surface area contributed by atoms with E-state index in [4.69, 9.17) is 21.1 Å². The molecule has 1 N–H and O–H groups in total. The number of carbonyl (C=O) groups is 1. The minimum absolute atomic E-state index is 0.307. The van der Waals surface area contributed by atoms with Crippen LogP contribution < -0.4 is 20.5 Å². The molecule has 9 nitrogen and oxygen atoms in total. The molecule has 2 heterocycles. The van der Waals surface area contributed by atoms with Gasteiger partial charge in [-0.15, -0.1) is 5.10 Å². The van der Waals surface area contributed by atoms with Gasteiger partial charge in [-0.2, -0.15) is 9.61 Å². The second kappa shape index (κ2) is 8.95. The highest BCUT2D eigenvalue weighted by Gasteiger charge is 2.16. The van der Waals surface area contributed by atoms with E-state index in [1.807, 2.05) is 32.0 Å². The van der Waals surface area contributed by atoms with Gasteiger partial charge < -0.3 is 14.8 Å². The molecule has 0 atom stereocenters. The maximum absolute atomic E-state index is 12.8. The summed E-state index contributed by atoms with van der Waals surface area (Å²) in [6.45, 7) is 3.74. The lowest BCUT2D eigenvalue weighted by Gasteiger charge is -2.12. The molecule has 0 bridgehead atoms. The second-order valence-corrected chi connectivity index (χ2v) is 7.87. The van der Waals surface area contributed by atoms with Gasteiger partial charge in [0.05, 0.1) is 30.6 Å². The van der Waals surface area contributed by atoms with Crippen molar-refractivity contribution in [2.45, 2.75) is 20.4 Å². The molecule has 0 aliphatic carbocycles. The van der Waals surface area contributed by atoms with E-state index in [2.05, 4.69) is 15.5 Å². The third kappa shape index (κ3) is 4.40. The van der Waals surface area contributed by atoms with Crippen LogP contribution in [0, 0.1) is 13.8 Å². The summed E-state index contributed by atoms with van der Waals surface area (Å²) in [5, 5.41) is 11.6. The van der Waals surface area contributed by atoms with E-state index in [0.717, 1.165) is 15.8 Å². The molecule has 0 radical (unpaired) electrons. The number of aryl methyl sites for hydroxylation is 2. The molecule has 1 amide bonds. The van der Waals surface area contributed by atoms with E-state index in [-0.39, 0.29) is 6.54 Å². The monoisotopic (exact) mass is 467 g/mol. The Balaban J connectivity index is 1.60. The van der Waals surface area contributed by atoms with E-state index in [1.165, 1.54) is 30.4 Å². The number of benzene rings is 2. The maximum Gasteiger partial charge on any atom is 0.367 e. The Hall–Kier alpha value is -3.85. The highest BCUT2D eigenvalue weighted by molar-refractivity contribution is 6.32. The lowest BCUT2D eigenvalue weighted by molar-refractivity contribution is -0.117. The van der Waals surface area contributed by atoms with Gasteiger partial charge in [0, 0.05) is 11.6 Å². The Morgan fingerprint density at radius 1 is 1.00 bits per heavy atom. The highest BCUT2D eigenvalue weighted by atomic mass is 35.5. The van der Waals surface area contributed by atoms with Crippen molar-refractivity contribution in [2.75, 3.05) is 19.5 Å². The summed E-state index contributed by atoms with van der Waals surface area (Å²) in [7, 11) is 2.94. The third-order valence-corrected chi connectivity index (χ3v) is 5.58. The minimum atomic E-state index is -0.523. The molecule has 4 aromatic rings. The van der Waals surface area contributed by atoms with Crippen LogP contribution in [-0.4, -0.2) is 39.5 Å². The van der Waals surface area contributed by atoms with Gasteiger partial charge >= 0.3 is 5.69 Å². The Bertz CT molecular complexity index is 1430. The number of carbonyl (C=O) groups excluding carboxylic acids is 1. The molecular formula is C23H22ClN5O4. The zero-order chi connectivity index (χ0) is 23.7. The van der Waals surface area contributed by atoms with Gasteiger partial charge in [-0.1, -0.05) is 23.7 Å².